The number of likely N-dealkylation sites (N-methyl/N-ethyl adjacent to an activating group) is 1. The summed E-state index contributed by atoms with van der Waals surface area (Å²) in [6.45, 7) is 10.3. The standard InChI is InChI=1S/C20H29N5/c1-15-12-18(23-19(22-15)21-10-11-24(4)5)25-13-16-8-6-7-9-17(16)20(2,3)14-25/h6-9,12H,10-11,13-14H2,1-5H3,(H,21,22,23). The van der Waals surface area contributed by atoms with Gasteiger partial charge in [0.1, 0.15) is 5.82 Å². The zero-order valence-electron chi connectivity index (χ0n) is 16.0. The molecule has 0 aliphatic carbocycles. The maximum absolute atomic E-state index is 4.78. The van der Waals surface area contributed by atoms with Gasteiger partial charge >= 0.3 is 0 Å². The predicted molar refractivity (Wildman–Crippen MR) is 104 cm³/mol. The Balaban J connectivity index is 1.83. The third-order valence-corrected chi connectivity index (χ3v) is 4.70. The summed E-state index contributed by atoms with van der Waals surface area (Å²) in [5.74, 6) is 1.72. The van der Waals surface area contributed by atoms with Gasteiger partial charge in [0.15, 0.2) is 0 Å². The molecule has 1 aromatic carbocycles. The van der Waals surface area contributed by atoms with Gasteiger partial charge in [-0.2, -0.15) is 4.98 Å². The average Bonchev–Trinajstić information content (AvgIpc) is 2.53. The molecule has 0 spiro atoms. The number of nitrogens with zero attached hydrogens (tertiary/aromatic N) is 4. The second kappa shape index (κ2) is 7.00. The van der Waals surface area contributed by atoms with Crippen LogP contribution < -0.4 is 10.2 Å². The third-order valence-electron chi connectivity index (χ3n) is 4.70. The van der Waals surface area contributed by atoms with Gasteiger partial charge in [-0.3, -0.25) is 0 Å². The molecule has 3 rings (SSSR count). The topological polar surface area (TPSA) is 44.3 Å². The molecule has 0 radical (unpaired) electrons. The molecule has 1 aliphatic rings. The van der Waals surface area contributed by atoms with E-state index in [4.69, 9.17) is 4.98 Å². The highest BCUT2D eigenvalue weighted by molar-refractivity contribution is 5.50. The second-order valence-corrected chi connectivity index (χ2v) is 7.82. The smallest absolute Gasteiger partial charge is 0.224 e. The largest absolute Gasteiger partial charge is 0.353 e. The maximum atomic E-state index is 4.78. The lowest BCUT2D eigenvalue weighted by molar-refractivity contribution is 0.425. The molecule has 5 nitrogen and oxygen atoms in total. The first-order valence-corrected chi connectivity index (χ1v) is 8.93. The van der Waals surface area contributed by atoms with Gasteiger partial charge < -0.3 is 15.1 Å². The van der Waals surface area contributed by atoms with Crippen molar-refractivity contribution in [1.29, 1.82) is 0 Å². The van der Waals surface area contributed by atoms with E-state index in [-0.39, 0.29) is 5.41 Å². The monoisotopic (exact) mass is 339 g/mol. The Bertz CT molecular complexity index is 739. The van der Waals surface area contributed by atoms with Crippen LogP contribution in [-0.4, -0.2) is 48.6 Å². The Kier molecular flexibility index (Phi) is 4.95. The van der Waals surface area contributed by atoms with Crippen molar-refractivity contribution in [2.75, 3.05) is 43.9 Å². The molecule has 0 unspecified atom stereocenters. The molecule has 2 aromatic rings. The molecule has 1 aliphatic heterocycles. The molecule has 2 heterocycles. The molecule has 134 valence electrons. The van der Waals surface area contributed by atoms with Crippen LogP contribution in [0.1, 0.15) is 30.7 Å². The summed E-state index contributed by atoms with van der Waals surface area (Å²) in [6, 6.07) is 10.8. The Morgan fingerprint density at radius 3 is 2.72 bits per heavy atom. The third kappa shape index (κ3) is 4.10. The van der Waals surface area contributed by atoms with E-state index in [0.717, 1.165) is 37.7 Å². The van der Waals surface area contributed by atoms with Crippen molar-refractivity contribution in [3.63, 3.8) is 0 Å². The first-order valence-electron chi connectivity index (χ1n) is 8.93. The highest BCUT2D eigenvalue weighted by Gasteiger charge is 2.32. The lowest BCUT2D eigenvalue weighted by atomic mass is 9.78. The quantitative estimate of drug-likeness (QED) is 0.907. The number of nitrogens with one attached hydrogen (secondary N) is 1. The van der Waals surface area contributed by atoms with Crippen LogP contribution in [0.25, 0.3) is 0 Å². The highest BCUT2D eigenvalue weighted by atomic mass is 15.2. The average molecular weight is 339 g/mol. The molecule has 0 saturated carbocycles. The van der Waals surface area contributed by atoms with E-state index in [1.54, 1.807) is 0 Å². The number of aryl methyl sites for hydroxylation is 1. The Morgan fingerprint density at radius 1 is 1.20 bits per heavy atom. The molecule has 0 bridgehead atoms. The Hall–Kier alpha value is -2.14. The maximum Gasteiger partial charge on any atom is 0.224 e. The molecule has 0 fully saturated rings. The summed E-state index contributed by atoms with van der Waals surface area (Å²) in [5.41, 5.74) is 3.93. The summed E-state index contributed by atoms with van der Waals surface area (Å²) in [6.07, 6.45) is 0. The van der Waals surface area contributed by atoms with Gasteiger partial charge in [0.2, 0.25) is 5.95 Å². The molecule has 5 heteroatoms. The van der Waals surface area contributed by atoms with Crippen molar-refractivity contribution in [1.82, 2.24) is 14.9 Å². The van der Waals surface area contributed by atoms with Crippen LogP contribution in [0.3, 0.4) is 0 Å². The van der Waals surface area contributed by atoms with Crippen LogP contribution in [0.2, 0.25) is 0 Å². The van der Waals surface area contributed by atoms with Crippen molar-refractivity contribution in [3.05, 3.63) is 47.2 Å². The van der Waals surface area contributed by atoms with Crippen molar-refractivity contribution < 1.29 is 0 Å². The van der Waals surface area contributed by atoms with Crippen LogP contribution in [0.4, 0.5) is 11.8 Å². The van der Waals surface area contributed by atoms with E-state index in [1.165, 1.54) is 11.1 Å². The SMILES string of the molecule is Cc1cc(N2Cc3ccccc3C(C)(C)C2)nc(NCCN(C)C)n1. The van der Waals surface area contributed by atoms with E-state index in [2.05, 4.69) is 78.4 Å². The van der Waals surface area contributed by atoms with Crippen LogP contribution in [0.15, 0.2) is 30.3 Å². The highest BCUT2D eigenvalue weighted by Crippen LogP contribution is 2.35. The number of hydrogen-bond acceptors (Lipinski definition) is 5. The fraction of sp³-hybridized carbons (Fsp3) is 0.500. The lowest BCUT2D eigenvalue weighted by Gasteiger charge is -2.40. The van der Waals surface area contributed by atoms with E-state index < -0.39 is 0 Å². The van der Waals surface area contributed by atoms with E-state index in [0.29, 0.717) is 5.95 Å². The number of rotatable bonds is 5. The molecule has 1 aromatic heterocycles. The molecule has 0 saturated heterocycles. The molecule has 0 atom stereocenters. The van der Waals surface area contributed by atoms with Crippen molar-refractivity contribution in [2.45, 2.75) is 32.7 Å². The first-order chi connectivity index (χ1) is 11.8. The molecular formula is C20H29N5. The molecule has 0 amide bonds. The first kappa shape index (κ1) is 17.7. The molecule has 1 N–H and O–H groups in total. The number of anilines is 2. The fourth-order valence-corrected chi connectivity index (χ4v) is 3.49. The summed E-state index contributed by atoms with van der Waals surface area (Å²) in [7, 11) is 4.13. The van der Waals surface area contributed by atoms with Crippen LogP contribution in [0.5, 0.6) is 0 Å². The summed E-state index contributed by atoms with van der Waals surface area (Å²) in [5, 5.41) is 3.35. The molecular weight excluding hydrogens is 310 g/mol. The normalized spacial score (nSPS) is 16.0. The van der Waals surface area contributed by atoms with Crippen molar-refractivity contribution in [2.24, 2.45) is 0 Å². The lowest BCUT2D eigenvalue weighted by Crippen LogP contribution is -2.42. The van der Waals surface area contributed by atoms with E-state index >= 15 is 0 Å². The number of fused-ring (bicyclic) bond motifs is 1. The van der Waals surface area contributed by atoms with Crippen LogP contribution >= 0.6 is 0 Å². The number of hydrogen-bond donors (Lipinski definition) is 1. The Labute approximate surface area is 151 Å². The van der Waals surface area contributed by atoms with Crippen molar-refractivity contribution in [3.8, 4) is 0 Å². The minimum absolute atomic E-state index is 0.103. The van der Waals surface area contributed by atoms with Gasteiger partial charge in [-0.05, 0) is 32.1 Å². The second-order valence-electron chi connectivity index (χ2n) is 7.82. The van der Waals surface area contributed by atoms with Gasteiger partial charge in [0.25, 0.3) is 0 Å². The van der Waals surface area contributed by atoms with Crippen molar-refractivity contribution >= 4 is 11.8 Å². The van der Waals surface area contributed by atoms with E-state index in [9.17, 15) is 0 Å². The van der Waals surface area contributed by atoms with Gasteiger partial charge in [-0.1, -0.05) is 38.1 Å². The zero-order valence-corrected chi connectivity index (χ0v) is 16.0. The molecule has 25 heavy (non-hydrogen) atoms. The van der Waals surface area contributed by atoms with Crippen LogP contribution in [0, 0.1) is 6.92 Å². The summed E-state index contributed by atoms with van der Waals surface area (Å²) in [4.78, 5) is 13.8. The van der Waals surface area contributed by atoms with Gasteiger partial charge in [-0.25, -0.2) is 4.98 Å². The van der Waals surface area contributed by atoms with Gasteiger partial charge in [-0.15, -0.1) is 0 Å². The summed E-state index contributed by atoms with van der Waals surface area (Å²) < 4.78 is 0. The zero-order chi connectivity index (χ0) is 18.0. The van der Waals surface area contributed by atoms with Crippen LogP contribution in [-0.2, 0) is 12.0 Å². The van der Waals surface area contributed by atoms with Gasteiger partial charge in [0.05, 0.1) is 0 Å². The Morgan fingerprint density at radius 2 is 1.96 bits per heavy atom. The van der Waals surface area contributed by atoms with E-state index in [1.807, 2.05) is 6.92 Å². The number of benzene rings is 1. The predicted octanol–water partition coefficient (Wildman–Crippen LogP) is 3.06. The fourth-order valence-electron chi connectivity index (χ4n) is 3.49. The van der Waals surface area contributed by atoms with Gasteiger partial charge in [0, 0.05) is 43.4 Å². The number of aromatic nitrogens is 2. The minimum atomic E-state index is 0.103. The summed E-state index contributed by atoms with van der Waals surface area (Å²) >= 11 is 0. The minimum Gasteiger partial charge on any atom is -0.353 e.